The van der Waals surface area contributed by atoms with E-state index >= 15 is 0 Å². The van der Waals surface area contributed by atoms with Gasteiger partial charge in [0.25, 0.3) is 0 Å². The maximum absolute atomic E-state index is 5.38. The minimum atomic E-state index is 0.711. The Morgan fingerprint density at radius 2 is 1.60 bits per heavy atom. The summed E-state index contributed by atoms with van der Waals surface area (Å²) in [5.41, 5.74) is 3.05. The predicted octanol–water partition coefficient (Wildman–Crippen LogP) is 3.26. The van der Waals surface area contributed by atoms with E-state index < -0.39 is 0 Å². The second-order valence-corrected chi connectivity index (χ2v) is 4.56. The number of aromatic nitrogens is 2. The van der Waals surface area contributed by atoms with Crippen LogP contribution in [0.1, 0.15) is 0 Å². The van der Waals surface area contributed by atoms with E-state index in [0.717, 1.165) is 22.2 Å². The maximum Gasteiger partial charge on any atom is 0.162 e. The van der Waals surface area contributed by atoms with Crippen LogP contribution in [0.5, 0.6) is 11.5 Å². The van der Waals surface area contributed by atoms with Crippen LogP contribution >= 0.6 is 0 Å². The van der Waals surface area contributed by atoms with Gasteiger partial charge in [0.2, 0.25) is 0 Å². The number of nitrogens with zero attached hydrogens (tertiary/aromatic N) is 2. The van der Waals surface area contributed by atoms with Gasteiger partial charge in [0, 0.05) is 24.1 Å². The van der Waals surface area contributed by atoms with Gasteiger partial charge in [-0.3, -0.25) is 4.68 Å². The van der Waals surface area contributed by atoms with Crippen LogP contribution in [0.3, 0.4) is 0 Å². The SMILES string of the molecule is COc1cc2c(-c3ccccc3)nn(C)c2cc1OC. The standard InChI is InChI=1S/C16H16N2O2/c1-18-13-10-15(20-3)14(19-2)9-12(13)16(17-18)11-7-5-4-6-8-11/h4-10H,1-3H3. The fourth-order valence-corrected chi connectivity index (χ4v) is 2.39. The van der Waals surface area contributed by atoms with Crippen LogP contribution in [0, 0.1) is 0 Å². The average molecular weight is 268 g/mol. The zero-order chi connectivity index (χ0) is 14.1. The summed E-state index contributed by atoms with van der Waals surface area (Å²) < 4.78 is 12.6. The molecule has 0 aliphatic rings. The number of aryl methyl sites for hydroxylation is 1. The van der Waals surface area contributed by atoms with Crippen LogP contribution < -0.4 is 9.47 Å². The van der Waals surface area contributed by atoms with Crippen molar-refractivity contribution >= 4 is 10.9 Å². The first-order valence-corrected chi connectivity index (χ1v) is 6.38. The van der Waals surface area contributed by atoms with E-state index in [2.05, 4.69) is 17.2 Å². The van der Waals surface area contributed by atoms with E-state index in [1.54, 1.807) is 14.2 Å². The van der Waals surface area contributed by atoms with Crippen molar-refractivity contribution < 1.29 is 9.47 Å². The van der Waals surface area contributed by atoms with Gasteiger partial charge in [-0.1, -0.05) is 30.3 Å². The minimum Gasteiger partial charge on any atom is -0.493 e. The Bertz CT molecular complexity index is 748. The summed E-state index contributed by atoms with van der Waals surface area (Å²) in [4.78, 5) is 0. The van der Waals surface area contributed by atoms with E-state index in [1.807, 2.05) is 42.1 Å². The Labute approximate surface area is 117 Å². The first-order valence-electron chi connectivity index (χ1n) is 6.38. The highest BCUT2D eigenvalue weighted by Crippen LogP contribution is 2.36. The van der Waals surface area contributed by atoms with Gasteiger partial charge in [0.1, 0.15) is 5.69 Å². The molecule has 0 amide bonds. The first kappa shape index (κ1) is 12.5. The van der Waals surface area contributed by atoms with Gasteiger partial charge in [-0.05, 0) is 6.07 Å². The summed E-state index contributed by atoms with van der Waals surface area (Å²) in [5.74, 6) is 1.42. The largest absolute Gasteiger partial charge is 0.493 e. The second-order valence-electron chi connectivity index (χ2n) is 4.56. The molecule has 0 unspecified atom stereocenters. The van der Waals surface area contributed by atoms with Gasteiger partial charge >= 0.3 is 0 Å². The van der Waals surface area contributed by atoms with E-state index in [0.29, 0.717) is 11.5 Å². The summed E-state index contributed by atoms with van der Waals surface area (Å²) >= 11 is 0. The van der Waals surface area contributed by atoms with Crippen molar-refractivity contribution in [1.29, 1.82) is 0 Å². The molecule has 3 aromatic rings. The molecule has 0 aliphatic heterocycles. The summed E-state index contributed by atoms with van der Waals surface area (Å²) in [6.07, 6.45) is 0. The molecular weight excluding hydrogens is 252 g/mol. The van der Waals surface area contributed by atoms with Gasteiger partial charge in [-0.2, -0.15) is 5.10 Å². The molecule has 0 bridgehead atoms. The molecule has 0 N–H and O–H groups in total. The third-order valence-corrected chi connectivity index (χ3v) is 3.40. The summed E-state index contributed by atoms with van der Waals surface area (Å²) in [6, 6.07) is 14.1. The monoisotopic (exact) mass is 268 g/mol. The van der Waals surface area contributed by atoms with Gasteiger partial charge < -0.3 is 9.47 Å². The van der Waals surface area contributed by atoms with Crippen molar-refractivity contribution in [2.45, 2.75) is 0 Å². The molecule has 20 heavy (non-hydrogen) atoms. The zero-order valence-electron chi connectivity index (χ0n) is 11.8. The van der Waals surface area contributed by atoms with Crippen LogP contribution in [0.4, 0.5) is 0 Å². The van der Waals surface area contributed by atoms with Crippen LogP contribution in [-0.2, 0) is 7.05 Å². The van der Waals surface area contributed by atoms with Crippen molar-refractivity contribution in [3.05, 3.63) is 42.5 Å². The molecule has 0 spiro atoms. The molecule has 0 fully saturated rings. The quantitative estimate of drug-likeness (QED) is 0.731. The van der Waals surface area contributed by atoms with E-state index in [4.69, 9.17) is 9.47 Å². The topological polar surface area (TPSA) is 36.3 Å². The van der Waals surface area contributed by atoms with Gasteiger partial charge in [-0.15, -0.1) is 0 Å². The molecular formula is C16H16N2O2. The number of ether oxygens (including phenoxy) is 2. The lowest BCUT2D eigenvalue weighted by molar-refractivity contribution is 0.355. The number of hydrogen-bond acceptors (Lipinski definition) is 3. The van der Waals surface area contributed by atoms with Crippen molar-refractivity contribution in [3.8, 4) is 22.8 Å². The molecule has 102 valence electrons. The van der Waals surface area contributed by atoms with Crippen LogP contribution in [0.15, 0.2) is 42.5 Å². The summed E-state index contributed by atoms with van der Waals surface area (Å²) in [6.45, 7) is 0. The highest BCUT2D eigenvalue weighted by molar-refractivity contribution is 5.95. The number of benzene rings is 2. The number of methoxy groups -OCH3 is 2. The molecule has 1 aromatic heterocycles. The number of fused-ring (bicyclic) bond motifs is 1. The average Bonchev–Trinajstić information content (AvgIpc) is 2.83. The Morgan fingerprint density at radius 3 is 2.25 bits per heavy atom. The van der Waals surface area contributed by atoms with Gasteiger partial charge in [-0.25, -0.2) is 0 Å². The lowest BCUT2D eigenvalue weighted by Gasteiger charge is -2.08. The van der Waals surface area contributed by atoms with Crippen molar-refractivity contribution in [1.82, 2.24) is 9.78 Å². The minimum absolute atomic E-state index is 0.711. The molecule has 3 rings (SSSR count). The summed E-state index contributed by atoms with van der Waals surface area (Å²) in [5, 5.41) is 5.67. The van der Waals surface area contributed by atoms with Crippen molar-refractivity contribution in [2.24, 2.45) is 7.05 Å². The summed E-state index contributed by atoms with van der Waals surface area (Å²) in [7, 11) is 5.21. The third kappa shape index (κ3) is 1.90. The van der Waals surface area contributed by atoms with E-state index in [1.165, 1.54) is 0 Å². The molecule has 0 saturated carbocycles. The first-order chi connectivity index (χ1) is 9.74. The van der Waals surface area contributed by atoms with E-state index in [9.17, 15) is 0 Å². The molecule has 0 atom stereocenters. The molecule has 0 saturated heterocycles. The van der Waals surface area contributed by atoms with E-state index in [-0.39, 0.29) is 0 Å². The lowest BCUT2D eigenvalue weighted by Crippen LogP contribution is -1.92. The molecule has 4 heteroatoms. The second kappa shape index (κ2) is 4.89. The Kier molecular flexibility index (Phi) is 3.06. The number of rotatable bonds is 3. The third-order valence-electron chi connectivity index (χ3n) is 3.40. The maximum atomic E-state index is 5.38. The Balaban J connectivity index is 2.30. The fourth-order valence-electron chi connectivity index (χ4n) is 2.39. The predicted molar refractivity (Wildman–Crippen MR) is 79.3 cm³/mol. The lowest BCUT2D eigenvalue weighted by atomic mass is 10.1. The van der Waals surface area contributed by atoms with Crippen molar-refractivity contribution in [2.75, 3.05) is 14.2 Å². The normalized spacial score (nSPS) is 10.8. The fraction of sp³-hybridized carbons (Fsp3) is 0.188. The molecule has 0 radical (unpaired) electrons. The van der Waals surface area contributed by atoms with Gasteiger partial charge in [0.05, 0.1) is 19.7 Å². The van der Waals surface area contributed by atoms with Crippen LogP contribution in [0.2, 0.25) is 0 Å². The van der Waals surface area contributed by atoms with Crippen LogP contribution in [0.25, 0.3) is 22.2 Å². The zero-order valence-corrected chi connectivity index (χ0v) is 11.8. The molecule has 4 nitrogen and oxygen atoms in total. The Morgan fingerprint density at radius 1 is 0.950 bits per heavy atom. The van der Waals surface area contributed by atoms with Crippen molar-refractivity contribution in [3.63, 3.8) is 0 Å². The highest BCUT2D eigenvalue weighted by Gasteiger charge is 2.14. The number of hydrogen-bond donors (Lipinski definition) is 0. The Hall–Kier alpha value is -2.49. The van der Waals surface area contributed by atoms with Gasteiger partial charge in [0.15, 0.2) is 11.5 Å². The molecule has 0 aliphatic carbocycles. The smallest absolute Gasteiger partial charge is 0.162 e. The molecule has 1 heterocycles. The van der Waals surface area contributed by atoms with Crippen LogP contribution in [-0.4, -0.2) is 24.0 Å². The highest BCUT2D eigenvalue weighted by atomic mass is 16.5. The molecule has 2 aromatic carbocycles.